The molecular formula is C7H12O6. The maximum Gasteiger partial charge on any atom is 0.309 e. The van der Waals surface area contributed by atoms with Crippen molar-refractivity contribution in [2.45, 2.75) is 25.6 Å². The van der Waals surface area contributed by atoms with Crippen LogP contribution in [-0.2, 0) is 9.59 Å². The third-order valence-electron chi connectivity index (χ3n) is 1.62. The molecule has 0 saturated heterocycles. The lowest BCUT2D eigenvalue weighted by atomic mass is 9.95. The molecule has 0 aliphatic heterocycles. The summed E-state index contributed by atoms with van der Waals surface area (Å²) in [6, 6.07) is 0. The molecule has 0 aromatic rings. The molecule has 13 heavy (non-hydrogen) atoms. The van der Waals surface area contributed by atoms with Gasteiger partial charge in [-0.05, 0) is 6.92 Å². The molecule has 0 heterocycles. The zero-order valence-corrected chi connectivity index (χ0v) is 7.04. The highest BCUT2D eigenvalue weighted by Gasteiger charge is 2.31. The number of carboxylic acids is 2. The van der Waals surface area contributed by atoms with Crippen LogP contribution in [0.3, 0.4) is 0 Å². The largest absolute Gasteiger partial charge is 0.481 e. The predicted octanol–water partition coefficient (Wildman–Crippen LogP) is -1.10. The zero-order chi connectivity index (χ0) is 10.6. The van der Waals surface area contributed by atoms with Crippen molar-refractivity contribution in [2.75, 3.05) is 0 Å². The molecular weight excluding hydrogens is 180 g/mol. The number of carboxylic acid groups (broad SMARTS) is 2. The Hall–Kier alpha value is -1.14. The molecule has 3 atom stereocenters. The van der Waals surface area contributed by atoms with E-state index in [1.807, 2.05) is 0 Å². The van der Waals surface area contributed by atoms with Crippen LogP contribution >= 0.6 is 0 Å². The lowest BCUT2D eigenvalue weighted by molar-refractivity contribution is -0.155. The van der Waals surface area contributed by atoms with E-state index in [2.05, 4.69) is 0 Å². The molecule has 0 aliphatic rings. The second-order valence-corrected chi connectivity index (χ2v) is 2.77. The van der Waals surface area contributed by atoms with E-state index < -0.39 is 36.5 Å². The first kappa shape index (κ1) is 11.9. The summed E-state index contributed by atoms with van der Waals surface area (Å²) in [4.78, 5) is 20.6. The molecule has 6 nitrogen and oxygen atoms in total. The number of hydrogen-bond donors (Lipinski definition) is 4. The molecule has 0 radical (unpaired) electrons. The van der Waals surface area contributed by atoms with Crippen molar-refractivity contribution in [3.05, 3.63) is 0 Å². The Morgan fingerprint density at radius 3 is 1.92 bits per heavy atom. The summed E-state index contributed by atoms with van der Waals surface area (Å²) >= 11 is 0. The summed E-state index contributed by atoms with van der Waals surface area (Å²) in [5, 5.41) is 34.8. The Morgan fingerprint density at radius 1 is 1.23 bits per heavy atom. The average Bonchev–Trinajstić information content (AvgIpc) is 1.97. The summed E-state index contributed by atoms with van der Waals surface area (Å²) in [6.07, 6.45) is -3.53. The van der Waals surface area contributed by atoms with E-state index in [0.717, 1.165) is 0 Å². The molecule has 0 aromatic carbocycles. The number of aliphatic carboxylic acids is 2. The third kappa shape index (κ3) is 3.86. The molecule has 0 fully saturated rings. The first-order valence-electron chi connectivity index (χ1n) is 3.67. The highest BCUT2D eigenvalue weighted by Crippen LogP contribution is 2.12. The average molecular weight is 192 g/mol. The third-order valence-corrected chi connectivity index (χ3v) is 1.62. The fraction of sp³-hybridized carbons (Fsp3) is 0.714. The minimum absolute atomic E-state index is 0.707. The molecule has 0 rings (SSSR count). The van der Waals surface area contributed by atoms with Crippen LogP contribution in [0.2, 0.25) is 0 Å². The topological polar surface area (TPSA) is 115 Å². The van der Waals surface area contributed by atoms with E-state index in [1.165, 1.54) is 6.92 Å². The summed E-state index contributed by atoms with van der Waals surface area (Å²) in [7, 11) is 0. The second-order valence-electron chi connectivity index (χ2n) is 2.77. The van der Waals surface area contributed by atoms with Crippen molar-refractivity contribution in [2.24, 2.45) is 5.92 Å². The molecule has 0 bridgehead atoms. The number of rotatable bonds is 5. The van der Waals surface area contributed by atoms with E-state index in [4.69, 9.17) is 20.4 Å². The predicted molar refractivity (Wildman–Crippen MR) is 41.1 cm³/mol. The van der Waals surface area contributed by atoms with Crippen molar-refractivity contribution >= 4 is 11.9 Å². The standard InChI is InChI=1S/C7H12O6/c1-3(8)6(11)4(7(12)13)2-5(9)10/h3-4,6,8,11H,2H2,1H3,(H,9,10)(H,12,13). The summed E-state index contributed by atoms with van der Waals surface area (Å²) < 4.78 is 0. The lowest BCUT2D eigenvalue weighted by Crippen LogP contribution is -2.37. The van der Waals surface area contributed by atoms with Crippen LogP contribution in [0.5, 0.6) is 0 Å². The Bertz CT molecular complexity index is 199. The highest BCUT2D eigenvalue weighted by molar-refractivity contribution is 5.78. The van der Waals surface area contributed by atoms with Gasteiger partial charge in [0.15, 0.2) is 0 Å². The van der Waals surface area contributed by atoms with E-state index in [1.54, 1.807) is 0 Å². The lowest BCUT2D eigenvalue weighted by Gasteiger charge is -2.19. The Morgan fingerprint density at radius 2 is 1.69 bits per heavy atom. The SMILES string of the molecule is CC(O)C(O)C(CC(=O)O)C(=O)O. The van der Waals surface area contributed by atoms with Gasteiger partial charge in [-0.2, -0.15) is 0 Å². The van der Waals surface area contributed by atoms with Crippen LogP contribution in [0.4, 0.5) is 0 Å². The Balaban J connectivity index is 4.41. The molecule has 0 aliphatic carbocycles. The highest BCUT2D eigenvalue weighted by atomic mass is 16.4. The van der Waals surface area contributed by atoms with Gasteiger partial charge in [0.25, 0.3) is 0 Å². The molecule has 0 aromatic heterocycles. The fourth-order valence-corrected chi connectivity index (χ4v) is 0.878. The van der Waals surface area contributed by atoms with Gasteiger partial charge in [-0.15, -0.1) is 0 Å². The van der Waals surface area contributed by atoms with Gasteiger partial charge in [-0.25, -0.2) is 0 Å². The minimum atomic E-state index is -1.56. The Kier molecular flexibility index (Phi) is 4.36. The van der Waals surface area contributed by atoms with Crippen molar-refractivity contribution in [3.63, 3.8) is 0 Å². The summed E-state index contributed by atoms with van der Waals surface area (Å²) in [5.41, 5.74) is 0. The number of hydrogen-bond acceptors (Lipinski definition) is 4. The van der Waals surface area contributed by atoms with Crippen molar-refractivity contribution in [1.82, 2.24) is 0 Å². The quantitative estimate of drug-likeness (QED) is 0.439. The van der Waals surface area contributed by atoms with Crippen molar-refractivity contribution in [3.8, 4) is 0 Å². The smallest absolute Gasteiger partial charge is 0.309 e. The number of aliphatic hydroxyl groups excluding tert-OH is 2. The van der Waals surface area contributed by atoms with Gasteiger partial charge in [0, 0.05) is 0 Å². The summed E-state index contributed by atoms with van der Waals surface area (Å²) in [6.45, 7) is 1.20. The maximum atomic E-state index is 10.4. The molecule has 0 saturated carbocycles. The van der Waals surface area contributed by atoms with Gasteiger partial charge >= 0.3 is 11.9 Å². The van der Waals surface area contributed by atoms with E-state index in [9.17, 15) is 9.59 Å². The van der Waals surface area contributed by atoms with E-state index in [0.29, 0.717) is 0 Å². The fourth-order valence-electron chi connectivity index (χ4n) is 0.878. The monoisotopic (exact) mass is 192 g/mol. The molecule has 3 unspecified atom stereocenters. The van der Waals surface area contributed by atoms with Gasteiger partial charge in [-0.1, -0.05) is 0 Å². The van der Waals surface area contributed by atoms with Gasteiger partial charge in [0.2, 0.25) is 0 Å². The van der Waals surface area contributed by atoms with Gasteiger partial charge in [0.05, 0.1) is 24.5 Å². The molecule has 0 amide bonds. The first-order valence-corrected chi connectivity index (χ1v) is 3.67. The second kappa shape index (κ2) is 4.78. The normalized spacial score (nSPS) is 17.5. The van der Waals surface area contributed by atoms with Crippen LogP contribution in [0.15, 0.2) is 0 Å². The number of aliphatic hydroxyl groups is 2. The molecule has 0 spiro atoms. The molecule has 76 valence electrons. The first-order chi connectivity index (χ1) is 5.86. The number of carbonyl (C=O) groups is 2. The van der Waals surface area contributed by atoms with Gasteiger partial charge in [-0.3, -0.25) is 9.59 Å². The van der Waals surface area contributed by atoms with Crippen LogP contribution in [0.25, 0.3) is 0 Å². The minimum Gasteiger partial charge on any atom is -0.481 e. The van der Waals surface area contributed by atoms with E-state index in [-0.39, 0.29) is 0 Å². The van der Waals surface area contributed by atoms with E-state index >= 15 is 0 Å². The van der Waals surface area contributed by atoms with Crippen LogP contribution < -0.4 is 0 Å². The van der Waals surface area contributed by atoms with Gasteiger partial charge in [0.1, 0.15) is 0 Å². The van der Waals surface area contributed by atoms with Crippen LogP contribution in [0, 0.1) is 5.92 Å². The zero-order valence-electron chi connectivity index (χ0n) is 7.04. The van der Waals surface area contributed by atoms with Crippen molar-refractivity contribution in [1.29, 1.82) is 0 Å². The molecule has 6 heteroatoms. The maximum absolute atomic E-state index is 10.4. The summed E-state index contributed by atoms with van der Waals surface area (Å²) in [5.74, 6) is -4.24. The molecule has 4 N–H and O–H groups in total. The Labute approximate surface area is 74.4 Å². The van der Waals surface area contributed by atoms with Crippen LogP contribution in [0.1, 0.15) is 13.3 Å². The van der Waals surface area contributed by atoms with Gasteiger partial charge < -0.3 is 20.4 Å². The van der Waals surface area contributed by atoms with Crippen molar-refractivity contribution < 1.29 is 30.0 Å². The van der Waals surface area contributed by atoms with Crippen LogP contribution in [-0.4, -0.2) is 44.6 Å².